The molecule has 0 aliphatic rings. The Morgan fingerprint density at radius 3 is 2.30 bits per heavy atom. The van der Waals surface area contributed by atoms with Gasteiger partial charge in [0.05, 0.1) is 24.5 Å². The number of aliphatic hydroxyl groups is 2. The molecule has 4 N–H and O–H groups in total. The fourth-order valence-corrected chi connectivity index (χ4v) is 2.04. The molecule has 20 heavy (non-hydrogen) atoms. The third-order valence-corrected chi connectivity index (χ3v) is 3.16. The number of urea groups is 1. The maximum Gasteiger partial charge on any atom is 0.337 e. The number of halogens is 1. The van der Waals surface area contributed by atoms with Gasteiger partial charge in [-0.05, 0) is 28.1 Å². The van der Waals surface area contributed by atoms with Crippen molar-refractivity contribution < 1.29 is 24.9 Å². The topological polar surface area (TPSA) is 110 Å². The number of carboxylic acids is 1. The normalized spacial score (nSPS) is 10.2. The van der Waals surface area contributed by atoms with Gasteiger partial charge < -0.3 is 25.5 Å². The molecule has 1 aromatic rings. The summed E-state index contributed by atoms with van der Waals surface area (Å²) >= 11 is 3.18. The van der Waals surface area contributed by atoms with E-state index in [0.29, 0.717) is 4.47 Å². The van der Waals surface area contributed by atoms with Crippen molar-refractivity contribution in [2.45, 2.75) is 0 Å². The highest BCUT2D eigenvalue weighted by molar-refractivity contribution is 9.10. The van der Waals surface area contributed by atoms with Crippen LogP contribution in [0, 0.1) is 0 Å². The molecule has 1 aromatic carbocycles. The summed E-state index contributed by atoms with van der Waals surface area (Å²) in [7, 11) is 0. The number of anilines is 1. The van der Waals surface area contributed by atoms with Crippen molar-refractivity contribution in [1.82, 2.24) is 4.90 Å². The summed E-state index contributed by atoms with van der Waals surface area (Å²) in [4.78, 5) is 24.3. The first kappa shape index (κ1) is 16.4. The zero-order chi connectivity index (χ0) is 15.1. The van der Waals surface area contributed by atoms with Gasteiger partial charge in [-0.25, -0.2) is 9.59 Å². The van der Waals surface area contributed by atoms with E-state index in [9.17, 15) is 9.59 Å². The Kier molecular flexibility index (Phi) is 6.43. The highest BCUT2D eigenvalue weighted by atomic mass is 79.9. The zero-order valence-corrected chi connectivity index (χ0v) is 12.1. The first-order valence-corrected chi connectivity index (χ1v) is 6.60. The second kappa shape index (κ2) is 7.83. The summed E-state index contributed by atoms with van der Waals surface area (Å²) in [6, 6.07) is 3.92. The molecule has 0 unspecified atom stereocenters. The molecular formula is C12H15BrN2O5. The lowest BCUT2D eigenvalue weighted by atomic mass is 10.2. The molecule has 0 aromatic heterocycles. The molecule has 0 radical (unpaired) electrons. The number of para-hydroxylation sites is 1. The Hall–Kier alpha value is -1.64. The number of carboxylic acid groups (broad SMARTS) is 1. The Morgan fingerprint density at radius 1 is 1.20 bits per heavy atom. The summed E-state index contributed by atoms with van der Waals surface area (Å²) < 4.78 is 0.429. The van der Waals surface area contributed by atoms with Crippen LogP contribution in [0.1, 0.15) is 10.4 Å². The van der Waals surface area contributed by atoms with E-state index in [4.69, 9.17) is 15.3 Å². The van der Waals surface area contributed by atoms with Crippen molar-refractivity contribution in [1.29, 1.82) is 0 Å². The standard InChI is InChI=1S/C12H15BrN2O5/c13-9-3-1-2-8(11(18)19)10(9)14-12(20)15(4-6-16)5-7-17/h1-3,16-17H,4-7H2,(H,14,20)(H,18,19). The SMILES string of the molecule is O=C(O)c1cccc(Br)c1NC(=O)N(CCO)CCO. The van der Waals surface area contributed by atoms with E-state index in [1.807, 2.05) is 0 Å². The van der Waals surface area contributed by atoms with Gasteiger partial charge in [0.25, 0.3) is 0 Å². The maximum atomic E-state index is 12.0. The second-order valence-electron chi connectivity index (χ2n) is 3.83. The lowest BCUT2D eigenvalue weighted by Gasteiger charge is -2.22. The highest BCUT2D eigenvalue weighted by Crippen LogP contribution is 2.26. The van der Waals surface area contributed by atoms with Crippen LogP contribution in [0.2, 0.25) is 0 Å². The van der Waals surface area contributed by atoms with Crippen LogP contribution in [0.15, 0.2) is 22.7 Å². The molecule has 0 heterocycles. The van der Waals surface area contributed by atoms with Gasteiger partial charge in [0.2, 0.25) is 0 Å². The molecule has 1 rings (SSSR count). The average Bonchev–Trinajstić information content (AvgIpc) is 2.40. The van der Waals surface area contributed by atoms with Crippen LogP contribution in [0.5, 0.6) is 0 Å². The predicted octanol–water partition coefficient (Wildman–Crippen LogP) is 0.966. The fourth-order valence-electron chi connectivity index (χ4n) is 1.57. The number of rotatable bonds is 6. The van der Waals surface area contributed by atoms with Gasteiger partial charge in [0.1, 0.15) is 0 Å². The number of aromatic carboxylic acids is 1. The van der Waals surface area contributed by atoms with Crippen molar-refractivity contribution >= 4 is 33.6 Å². The zero-order valence-electron chi connectivity index (χ0n) is 10.5. The lowest BCUT2D eigenvalue weighted by Crippen LogP contribution is -2.39. The van der Waals surface area contributed by atoms with Crippen molar-refractivity contribution in [2.75, 3.05) is 31.6 Å². The number of amides is 2. The molecule has 0 spiro atoms. The highest BCUT2D eigenvalue weighted by Gasteiger charge is 2.18. The molecule has 0 aliphatic carbocycles. The predicted molar refractivity (Wildman–Crippen MR) is 75.9 cm³/mol. The first-order valence-electron chi connectivity index (χ1n) is 5.80. The Morgan fingerprint density at radius 2 is 1.80 bits per heavy atom. The van der Waals surface area contributed by atoms with Gasteiger partial charge in [-0.15, -0.1) is 0 Å². The van der Waals surface area contributed by atoms with Crippen LogP contribution in [0.25, 0.3) is 0 Å². The lowest BCUT2D eigenvalue weighted by molar-refractivity contribution is 0.0698. The molecule has 0 aliphatic heterocycles. The number of benzene rings is 1. The molecule has 8 heteroatoms. The number of nitrogens with zero attached hydrogens (tertiary/aromatic N) is 1. The van der Waals surface area contributed by atoms with Crippen LogP contribution >= 0.6 is 15.9 Å². The van der Waals surface area contributed by atoms with Crippen molar-refractivity contribution in [3.63, 3.8) is 0 Å². The molecule has 0 saturated heterocycles. The maximum absolute atomic E-state index is 12.0. The minimum atomic E-state index is -1.17. The number of aliphatic hydroxyl groups excluding tert-OH is 2. The average molecular weight is 347 g/mol. The van der Waals surface area contributed by atoms with Gasteiger partial charge in [-0.3, -0.25) is 0 Å². The van der Waals surface area contributed by atoms with Crippen LogP contribution in [0.4, 0.5) is 10.5 Å². The van der Waals surface area contributed by atoms with E-state index >= 15 is 0 Å². The molecule has 0 fully saturated rings. The molecule has 0 saturated carbocycles. The van der Waals surface area contributed by atoms with Gasteiger partial charge in [0.15, 0.2) is 0 Å². The number of carbonyl (C=O) groups excluding carboxylic acids is 1. The number of hydrogen-bond donors (Lipinski definition) is 4. The number of carbonyl (C=O) groups is 2. The van der Waals surface area contributed by atoms with Crippen molar-refractivity contribution in [3.05, 3.63) is 28.2 Å². The summed E-state index contributed by atoms with van der Waals surface area (Å²) in [5, 5.41) is 29.3. The van der Waals surface area contributed by atoms with Crippen LogP contribution < -0.4 is 5.32 Å². The van der Waals surface area contributed by atoms with Crippen molar-refractivity contribution in [2.24, 2.45) is 0 Å². The minimum absolute atomic E-state index is 0.0409. The molecule has 110 valence electrons. The number of nitrogens with one attached hydrogen (secondary N) is 1. The van der Waals surface area contributed by atoms with Gasteiger partial charge >= 0.3 is 12.0 Å². The molecule has 2 amide bonds. The van der Waals surface area contributed by atoms with Gasteiger partial charge in [-0.2, -0.15) is 0 Å². The van der Waals surface area contributed by atoms with Crippen LogP contribution in [0.3, 0.4) is 0 Å². The molecular weight excluding hydrogens is 332 g/mol. The fraction of sp³-hybridized carbons (Fsp3) is 0.333. The van der Waals surface area contributed by atoms with Crippen LogP contribution in [-0.4, -0.2) is 58.5 Å². The van der Waals surface area contributed by atoms with E-state index in [2.05, 4.69) is 21.2 Å². The summed E-state index contributed by atoms with van der Waals surface area (Å²) in [6.07, 6.45) is 0. The minimum Gasteiger partial charge on any atom is -0.478 e. The van der Waals surface area contributed by atoms with E-state index < -0.39 is 12.0 Å². The molecule has 0 bridgehead atoms. The van der Waals surface area contributed by atoms with Gasteiger partial charge in [-0.1, -0.05) is 6.07 Å². The Labute approximate surface area is 124 Å². The third kappa shape index (κ3) is 4.19. The van der Waals surface area contributed by atoms with E-state index in [1.165, 1.54) is 11.0 Å². The smallest absolute Gasteiger partial charge is 0.337 e. The summed E-state index contributed by atoms with van der Waals surface area (Å²) in [5.74, 6) is -1.17. The molecule has 7 nitrogen and oxygen atoms in total. The molecule has 0 atom stereocenters. The Bertz CT molecular complexity index is 489. The van der Waals surface area contributed by atoms with Gasteiger partial charge in [0, 0.05) is 17.6 Å². The largest absolute Gasteiger partial charge is 0.478 e. The van der Waals surface area contributed by atoms with E-state index in [-0.39, 0.29) is 37.6 Å². The van der Waals surface area contributed by atoms with E-state index in [1.54, 1.807) is 12.1 Å². The summed E-state index contributed by atoms with van der Waals surface area (Å²) in [5.41, 5.74) is 0.0755. The second-order valence-corrected chi connectivity index (χ2v) is 4.69. The van der Waals surface area contributed by atoms with E-state index in [0.717, 1.165) is 0 Å². The van der Waals surface area contributed by atoms with Crippen LogP contribution in [-0.2, 0) is 0 Å². The van der Waals surface area contributed by atoms with Crippen molar-refractivity contribution in [3.8, 4) is 0 Å². The first-order chi connectivity index (χ1) is 9.51. The summed E-state index contributed by atoms with van der Waals surface area (Å²) in [6.45, 7) is -0.428. The quantitative estimate of drug-likeness (QED) is 0.613. The third-order valence-electron chi connectivity index (χ3n) is 2.50. The Balaban J connectivity index is 2.97. The monoisotopic (exact) mass is 346 g/mol. The number of hydrogen-bond acceptors (Lipinski definition) is 4.